The van der Waals surface area contributed by atoms with Crippen LogP contribution in [-0.4, -0.2) is 45.5 Å². The maximum Gasteiger partial charge on any atom is 0.413 e. The molecule has 0 aliphatic heterocycles. The number of aromatic nitrogens is 1. The summed E-state index contributed by atoms with van der Waals surface area (Å²) in [6.45, 7) is 10.2. The van der Waals surface area contributed by atoms with Crippen molar-refractivity contribution in [2.24, 2.45) is 0 Å². The fourth-order valence-corrected chi connectivity index (χ4v) is 2.55. The van der Waals surface area contributed by atoms with E-state index in [1.165, 1.54) is 6.20 Å². The van der Waals surface area contributed by atoms with Crippen LogP contribution in [0.4, 0.5) is 14.7 Å². The molecule has 1 atom stereocenters. The molecule has 0 fully saturated rings. The van der Waals surface area contributed by atoms with Crippen molar-refractivity contribution in [1.82, 2.24) is 10.3 Å². The van der Waals surface area contributed by atoms with Crippen molar-refractivity contribution in [3.63, 3.8) is 0 Å². The van der Waals surface area contributed by atoms with Gasteiger partial charge in [0.25, 0.3) is 0 Å². The number of nitrogens with zero attached hydrogens (tertiary/aromatic N) is 1. The van der Waals surface area contributed by atoms with Crippen molar-refractivity contribution < 1.29 is 29.0 Å². The number of amides is 2. The standard InChI is InChI=1S/C16H25N3O6S/c1-15(2,3)24-13(22)18-10(11(20)21)7-9-8-17-12(26-9)19-14(23)25-16(4,5)6/h8,10H,7H2,1-6H3,(H,18,22)(H,20,21)(H,17,19,23)/t10-/m1/s1. The van der Waals surface area contributed by atoms with Crippen LogP contribution in [-0.2, 0) is 20.7 Å². The Morgan fingerprint density at radius 3 is 2.15 bits per heavy atom. The maximum absolute atomic E-state index is 11.8. The van der Waals surface area contributed by atoms with Gasteiger partial charge in [0.15, 0.2) is 5.13 Å². The lowest BCUT2D eigenvalue weighted by molar-refractivity contribution is -0.139. The monoisotopic (exact) mass is 387 g/mol. The van der Waals surface area contributed by atoms with E-state index in [1.54, 1.807) is 41.5 Å². The summed E-state index contributed by atoms with van der Waals surface area (Å²) < 4.78 is 10.2. The maximum atomic E-state index is 11.8. The molecule has 9 nitrogen and oxygen atoms in total. The summed E-state index contributed by atoms with van der Waals surface area (Å²) in [5, 5.41) is 14.3. The molecule has 0 aromatic carbocycles. The van der Waals surface area contributed by atoms with Crippen LogP contribution < -0.4 is 10.6 Å². The van der Waals surface area contributed by atoms with Crippen LogP contribution in [0, 0.1) is 0 Å². The van der Waals surface area contributed by atoms with Crippen molar-refractivity contribution >= 4 is 34.6 Å². The second-order valence-corrected chi connectivity index (χ2v) is 8.61. The highest BCUT2D eigenvalue weighted by molar-refractivity contribution is 7.15. The molecule has 1 aromatic rings. The molecule has 0 saturated carbocycles. The van der Waals surface area contributed by atoms with E-state index in [-0.39, 0.29) is 11.6 Å². The van der Waals surface area contributed by atoms with Crippen molar-refractivity contribution in [2.75, 3.05) is 5.32 Å². The summed E-state index contributed by atoms with van der Waals surface area (Å²) >= 11 is 1.09. The van der Waals surface area contributed by atoms with Crippen LogP contribution in [0.15, 0.2) is 6.20 Å². The van der Waals surface area contributed by atoms with E-state index >= 15 is 0 Å². The van der Waals surface area contributed by atoms with Crippen molar-refractivity contribution in [1.29, 1.82) is 0 Å². The molecular weight excluding hydrogens is 362 g/mol. The number of carboxylic acid groups (broad SMARTS) is 1. The third-order valence-corrected chi connectivity index (χ3v) is 3.49. The molecule has 3 N–H and O–H groups in total. The molecule has 0 saturated heterocycles. The van der Waals surface area contributed by atoms with Gasteiger partial charge in [-0.3, -0.25) is 5.32 Å². The van der Waals surface area contributed by atoms with Gasteiger partial charge in [-0.2, -0.15) is 0 Å². The number of thiazole rings is 1. The van der Waals surface area contributed by atoms with Gasteiger partial charge in [0, 0.05) is 17.5 Å². The van der Waals surface area contributed by atoms with Crippen LogP contribution in [0.1, 0.15) is 46.4 Å². The normalized spacial score (nSPS) is 12.8. The Balaban J connectivity index is 2.68. The number of carboxylic acids is 1. The molecule has 26 heavy (non-hydrogen) atoms. The largest absolute Gasteiger partial charge is 0.480 e. The van der Waals surface area contributed by atoms with E-state index in [1.807, 2.05) is 0 Å². The van der Waals surface area contributed by atoms with Gasteiger partial charge >= 0.3 is 18.2 Å². The smallest absolute Gasteiger partial charge is 0.413 e. The van der Waals surface area contributed by atoms with Gasteiger partial charge in [-0.25, -0.2) is 19.4 Å². The van der Waals surface area contributed by atoms with Crippen LogP contribution in [0.2, 0.25) is 0 Å². The second kappa shape index (κ2) is 8.35. The molecule has 2 amide bonds. The van der Waals surface area contributed by atoms with Gasteiger partial charge in [0.2, 0.25) is 0 Å². The average molecular weight is 387 g/mol. The van der Waals surface area contributed by atoms with E-state index in [0.717, 1.165) is 11.3 Å². The number of aliphatic carboxylic acids is 1. The van der Waals surface area contributed by atoms with Gasteiger partial charge < -0.3 is 19.9 Å². The number of rotatable bonds is 5. The lowest BCUT2D eigenvalue weighted by atomic mass is 10.2. The SMILES string of the molecule is CC(C)(C)OC(=O)Nc1ncc(C[C@@H](NC(=O)OC(C)(C)C)C(=O)O)s1. The lowest BCUT2D eigenvalue weighted by Crippen LogP contribution is -2.44. The minimum absolute atomic E-state index is 0.00222. The minimum atomic E-state index is -1.20. The number of ether oxygens (including phenoxy) is 2. The third-order valence-electron chi connectivity index (χ3n) is 2.56. The molecule has 0 bridgehead atoms. The highest BCUT2D eigenvalue weighted by Gasteiger charge is 2.25. The van der Waals surface area contributed by atoms with Crippen LogP contribution in [0.5, 0.6) is 0 Å². The summed E-state index contributed by atoms with van der Waals surface area (Å²) in [5.74, 6) is -1.20. The van der Waals surface area contributed by atoms with Crippen molar-refractivity contribution in [2.45, 2.75) is 65.2 Å². The van der Waals surface area contributed by atoms with E-state index < -0.39 is 35.4 Å². The Labute approximate surface area is 156 Å². The molecule has 0 aliphatic rings. The Hall–Kier alpha value is -2.36. The number of nitrogens with one attached hydrogen (secondary N) is 2. The van der Waals surface area contributed by atoms with Gasteiger partial charge in [-0.1, -0.05) is 0 Å². The predicted molar refractivity (Wildman–Crippen MR) is 96.5 cm³/mol. The molecule has 146 valence electrons. The second-order valence-electron chi connectivity index (χ2n) is 7.50. The first-order chi connectivity index (χ1) is 11.7. The predicted octanol–water partition coefficient (Wildman–Crippen LogP) is 3.01. The Morgan fingerprint density at radius 1 is 1.12 bits per heavy atom. The third kappa shape index (κ3) is 8.65. The molecule has 1 heterocycles. The van der Waals surface area contributed by atoms with Gasteiger partial charge in [0.05, 0.1) is 0 Å². The number of hydrogen-bond donors (Lipinski definition) is 3. The van der Waals surface area contributed by atoms with Crippen molar-refractivity contribution in [3.8, 4) is 0 Å². The van der Waals surface area contributed by atoms with Gasteiger partial charge in [0.1, 0.15) is 17.2 Å². The lowest BCUT2D eigenvalue weighted by Gasteiger charge is -2.21. The van der Waals surface area contributed by atoms with E-state index in [9.17, 15) is 19.5 Å². The molecule has 0 unspecified atom stereocenters. The molecule has 0 aliphatic carbocycles. The highest BCUT2D eigenvalue weighted by Crippen LogP contribution is 2.21. The van der Waals surface area contributed by atoms with Crippen LogP contribution in [0.3, 0.4) is 0 Å². The van der Waals surface area contributed by atoms with E-state index in [0.29, 0.717) is 4.88 Å². The summed E-state index contributed by atoms with van der Waals surface area (Å²) in [4.78, 5) is 39.4. The van der Waals surface area contributed by atoms with Gasteiger partial charge in [-0.15, -0.1) is 11.3 Å². The summed E-state index contributed by atoms with van der Waals surface area (Å²) in [6, 6.07) is -1.18. The molecule has 1 rings (SSSR count). The number of alkyl carbamates (subject to hydrolysis) is 1. The quantitative estimate of drug-likeness (QED) is 0.708. The summed E-state index contributed by atoms with van der Waals surface area (Å²) in [6.07, 6.45) is -0.0339. The Kier molecular flexibility index (Phi) is 6.96. The number of carbonyl (C=O) groups is 3. The number of carbonyl (C=O) groups excluding carboxylic acids is 2. The molecule has 1 aromatic heterocycles. The minimum Gasteiger partial charge on any atom is -0.480 e. The highest BCUT2D eigenvalue weighted by atomic mass is 32.1. The zero-order valence-electron chi connectivity index (χ0n) is 15.7. The first-order valence-corrected chi connectivity index (χ1v) is 8.74. The first kappa shape index (κ1) is 21.7. The van der Waals surface area contributed by atoms with Crippen molar-refractivity contribution in [3.05, 3.63) is 11.1 Å². The topological polar surface area (TPSA) is 127 Å². The number of anilines is 1. The van der Waals surface area contributed by atoms with Gasteiger partial charge in [-0.05, 0) is 41.5 Å². The summed E-state index contributed by atoms with van der Waals surface area (Å²) in [5.41, 5.74) is -1.38. The zero-order chi connectivity index (χ0) is 20.1. The molecule has 0 radical (unpaired) electrons. The first-order valence-electron chi connectivity index (χ1n) is 7.92. The van der Waals surface area contributed by atoms with Crippen LogP contribution >= 0.6 is 11.3 Å². The van der Waals surface area contributed by atoms with E-state index in [2.05, 4.69) is 15.6 Å². The molecule has 10 heteroatoms. The van der Waals surface area contributed by atoms with E-state index in [4.69, 9.17) is 9.47 Å². The fraction of sp³-hybridized carbons (Fsp3) is 0.625. The Bertz CT molecular complexity index is 660. The molecule has 0 spiro atoms. The number of hydrogen-bond acceptors (Lipinski definition) is 7. The Morgan fingerprint density at radius 2 is 1.65 bits per heavy atom. The average Bonchev–Trinajstić information content (AvgIpc) is 2.80. The zero-order valence-corrected chi connectivity index (χ0v) is 16.5. The van der Waals surface area contributed by atoms with Crippen LogP contribution in [0.25, 0.3) is 0 Å². The fourth-order valence-electron chi connectivity index (χ4n) is 1.70. The summed E-state index contributed by atoms with van der Waals surface area (Å²) in [7, 11) is 0. The molecular formula is C16H25N3O6S.